The highest BCUT2D eigenvalue weighted by molar-refractivity contribution is 6.08. The smallest absolute Gasteiger partial charge is 0.291 e. The van der Waals surface area contributed by atoms with Crippen molar-refractivity contribution in [3.8, 4) is 5.75 Å². The summed E-state index contributed by atoms with van der Waals surface area (Å²) in [6.07, 6.45) is 2.95. The van der Waals surface area contributed by atoms with E-state index in [0.717, 1.165) is 27.6 Å². The molecular weight excluding hydrogens is 392 g/mol. The molecule has 0 radical (unpaired) electrons. The number of aryl methyl sites for hydroxylation is 1. The van der Waals surface area contributed by atoms with Gasteiger partial charge < -0.3 is 14.6 Å². The Hall–Kier alpha value is -3.61. The molecule has 0 saturated heterocycles. The highest BCUT2D eigenvalue weighted by atomic mass is 16.5. The van der Waals surface area contributed by atoms with E-state index in [2.05, 4.69) is 10.4 Å². The zero-order chi connectivity index (χ0) is 22.0. The van der Waals surface area contributed by atoms with Gasteiger partial charge in [-0.2, -0.15) is 5.10 Å². The molecule has 0 aliphatic carbocycles. The molecule has 0 fully saturated rings. The van der Waals surface area contributed by atoms with Gasteiger partial charge in [0, 0.05) is 24.4 Å². The summed E-state index contributed by atoms with van der Waals surface area (Å²) in [4.78, 5) is 26.1. The molecule has 4 rings (SSSR count). The van der Waals surface area contributed by atoms with E-state index in [0.29, 0.717) is 24.9 Å². The van der Waals surface area contributed by atoms with Crippen LogP contribution in [0.15, 0.2) is 59.5 Å². The summed E-state index contributed by atoms with van der Waals surface area (Å²) in [5.74, 6) is 0.692. The molecule has 2 aromatic heterocycles. The maximum Gasteiger partial charge on any atom is 0.291 e. The van der Waals surface area contributed by atoms with Gasteiger partial charge in [-0.15, -0.1) is 0 Å². The van der Waals surface area contributed by atoms with Crippen LogP contribution in [0.1, 0.15) is 24.9 Å². The number of benzene rings is 2. The summed E-state index contributed by atoms with van der Waals surface area (Å²) in [6.45, 7) is 2.46. The standard InChI is InChI=1S/C24H26N4O3/c1-4-20(23(29)25-13-12-16-8-7-9-17(14-16)31-3)28-21-11-6-5-10-18(21)19-15-26-27(2)24(30)22(19)28/h5-11,14-15,20H,4,12-13H2,1-3H3,(H,25,29)/t20-/m0/s1. The van der Waals surface area contributed by atoms with Crippen LogP contribution < -0.4 is 15.6 Å². The van der Waals surface area contributed by atoms with Gasteiger partial charge in [0.05, 0.1) is 18.8 Å². The van der Waals surface area contributed by atoms with E-state index in [4.69, 9.17) is 4.74 Å². The first-order valence-electron chi connectivity index (χ1n) is 10.4. The molecule has 160 valence electrons. The average Bonchev–Trinajstić information content (AvgIpc) is 3.12. The third-order valence-corrected chi connectivity index (χ3v) is 5.65. The Morgan fingerprint density at radius 2 is 1.97 bits per heavy atom. The van der Waals surface area contributed by atoms with Gasteiger partial charge in [-0.1, -0.05) is 37.3 Å². The molecule has 0 unspecified atom stereocenters. The predicted molar refractivity (Wildman–Crippen MR) is 122 cm³/mol. The first-order valence-corrected chi connectivity index (χ1v) is 10.4. The van der Waals surface area contributed by atoms with Crippen molar-refractivity contribution in [3.63, 3.8) is 0 Å². The lowest BCUT2D eigenvalue weighted by molar-refractivity contribution is -0.124. The van der Waals surface area contributed by atoms with Crippen LogP contribution in [-0.2, 0) is 18.3 Å². The minimum atomic E-state index is -0.497. The molecule has 31 heavy (non-hydrogen) atoms. The number of carbonyl (C=O) groups excluding carboxylic acids is 1. The fraction of sp³-hybridized carbons (Fsp3) is 0.292. The fourth-order valence-corrected chi connectivity index (χ4v) is 4.07. The number of nitrogens with one attached hydrogen (secondary N) is 1. The van der Waals surface area contributed by atoms with Gasteiger partial charge in [-0.3, -0.25) is 9.59 Å². The number of para-hydroxylation sites is 1. The minimum Gasteiger partial charge on any atom is -0.497 e. The number of aromatic nitrogens is 3. The van der Waals surface area contributed by atoms with Crippen LogP contribution in [-0.4, -0.2) is 33.9 Å². The zero-order valence-electron chi connectivity index (χ0n) is 18.0. The lowest BCUT2D eigenvalue weighted by Gasteiger charge is -2.19. The number of ether oxygens (including phenoxy) is 1. The minimum absolute atomic E-state index is 0.105. The van der Waals surface area contributed by atoms with Crippen LogP contribution in [0.3, 0.4) is 0 Å². The number of amides is 1. The highest BCUT2D eigenvalue weighted by Crippen LogP contribution is 2.30. The molecule has 1 amide bonds. The van der Waals surface area contributed by atoms with E-state index in [1.807, 2.05) is 60.0 Å². The second-order valence-corrected chi connectivity index (χ2v) is 7.54. The molecule has 0 saturated carbocycles. The molecule has 1 N–H and O–H groups in total. The van der Waals surface area contributed by atoms with Gasteiger partial charge in [0.2, 0.25) is 5.91 Å². The SMILES string of the molecule is CC[C@@H](C(=O)NCCc1cccc(OC)c1)n1c2ccccc2c2cnn(C)c(=O)c21. The molecule has 0 aliphatic heterocycles. The van der Waals surface area contributed by atoms with Crippen LogP contribution in [0.4, 0.5) is 0 Å². The van der Waals surface area contributed by atoms with Crippen molar-refractivity contribution in [3.05, 3.63) is 70.6 Å². The quantitative estimate of drug-likeness (QED) is 0.500. The van der Waals surface area contributed by atoms with E-state index in [9.17, 15) is 9.59 Å². The van der Waals surface area contributed by atoms with E-state index < -0.39 is 6.04 Å². The number of carbonyl (C=O) groups is 1. The molecule has 7 heteroatoms. The van der Waals surface area contributed by atoms with Crippen LogP contribution in [0.5, 0.6) is 5.75 Å². The predicted octanol–water partition coefficient (Wildman–Crippen LogP) is 3.21. The number of rotatable bonds is 7. The van der Waals surface area contributed by atoms with Crippen molar-refractivity contribution in [2.24, 2.45) is 7.05 Å². The number of methoxy groups -OCH3 is 1. The third kappa shape index (κ3) is 3.79. The fourth-order valence-electron chi connectivity index (χ4n) is 4.07. The molecule has 7 nitrogen and oxygen atoms in total. The largest absolute Gasteiger partial charge is 0.497 e. The Kier molecular flexibility index (Phi) is 5.75. The van der Waals surface area contributed by atoms with E-state index in [-0.39, 0.29) is 11.5 Å². The maximum absolute atomic E-state index is 13.2. The summed E-state index contributed by atoms with van der Waals surface area (Å²) in [6, 6.07) is 15.1. The monoisotopic (exact) mass is 418 g/mol. The van der Waals surface area contributed by atoms with Gasteiger partial charge in [-0.05, 0) is 36.6 Å². The van der Waals surface area contributed by atoms with Crippen molar-refractivity contribution in [1.29, 1.82) is 0 Å². The van der Waals surface area contributed by atoms with Crippen molar-refractivity contribution in [1.82, 2.24) is 19.7 Å². The van der Waals surface area contributed by atoms with Gasteiger partial charge >= 0.3 is 0 Å². The Balaban J connectivity index is 1.66. The van der Waals surface area contributed by atoms with Gasteiger partial charge in [0.25, 0.3) is 5.56 Å². The van der Waals surface area contributed by atoms with Crippen molar-refractivity contribution in [2.45, 2.75) is 25.8 Å². The molecule has 0 bridgehead atoms. The molecule has 2 heterocycles. The summed E-state index contributed by atoms with van der Waals surface area (Å²) in [5.41, 5.74) is 2.24. The average molecular weight is 418 g/mol. The number of fused-ring (bicyclic) bond motifs is 3. The number of nitrogens with zero attached hydrogens (tertiary/aromatic N) is 3. The Bertz CT molecular complexity index is 1310. The normalized spacial score (nSPS) is 12.2. The Morgan fingerprint density at radius 3 is 2.74 bits per heavy atom. The summed E-state index contributed by atoms with van der Waals surface area (Å²) >= 11 is 0. The molecule has 1 atom stereocenters. The van der Waals surface area contributed by atoms with Crippen LogP contribution in [0, 0.1) is 0 Å². The lowest BCUT2D eigenvalue weighted by atomic mass is 10.1. The number of hydrogen-bond donors (Lipinski definition) is 1. The molecular formula is C24H26N4O3. The number of hydrogen-bond acceptors (Lipinski definition) is 4. The van der Waals surface area contributed by atoms with Crippen molar-refractivity contribution < 1.29 is 9.53 Å². The van der Waals surface area contributed by atoms with Gasteiger partial charge in [-0.25, -0.2) is 4.68 Å². The summed E-state index contributed by atoms with van der Waals surface area (Å²) in [7, 11) is 3.26. The van der Waals surface area contributed by atoms with Crippen molar-refractivity contribution >= 4 is 27.7 Å². The second-order valence-electron chi connectivity index (χ2n) is 7.54. The lowest BCUT2D eigenvalue weighted by Crippen LogP contribution is -2.34. The Morgan fingerprint density at radius 1 is 1.16 bits per heavy atom. The van der Waals surface area contributed by atoms with Gasteiger partial charge in [0.1, 0.15) is 17.3 Å². The Labute approximate surface area is 180 Å². The zero-order valence-corrected chi connectivity index (χ0v) is 18.0. The van der Waals surface area contributed by atoms with Crippen LogP contribution in [0.25, 0.3) is 21.8 Å². The van der Waals surface area contributed by atoms with E-state index in [1.165, 1.54) is 4.68 Å². The maximum atomic E-state index is 13.2. The van der Waals surface area contributed by atoms with E-state index >= 15 is 0 Å². The summed E-state index contributed by atoms with van der Waals surface area (Å²) < 4.78 is 8.44. The second kappa shape index (κ2) is 8.63. The highest BCUT2D eigenvalue weighted by Gasteiger charge is 2.25. The molecule has 4 aromatic rings. The first-order chi connectivity index (χ1) is 15.0. The summed E-state index contributed by atoms with van der Waals surface area (Å²) in [5, 5.41) is 8.91. The third-order valence-electron chi connectivity index (χ3n) is 5.65. The van der Waals surface area contributed by atoms with Crippen molar-refractivity contribution in [2.75, 3.05) is 13.7 Å². The molecule has 0 spiro atoms. The topological polar surface area (TPSA) is 78.2 Å². The van der Waals surface area contributed by atoms with Crippen LogP contribution in [0.2, 0.25) is 0 Å². The van der Waals surface area contributed by atoms with E-state index in [1.54, 1.807) is 20.4 Å². The molecule has 2 aromatic carbocycles. The van der Waals surface area contributed by atoms with Crippen LogP contribution >= 0.6 is 0 Å². The van der Waals surface area contributed by atoms with Gasteiger partial charge in [0.15, 0.2) is 0 Å². The first kappa shape index (κ1) is 20.7. The molecule has 0 aliphatic rings.